The SMILES string of the molecule is CC(C(=O)O)c1ccc(-c2cc(C3CC3)c3c(c2)C(C)(C)CC2(CC2)O3)cc1. The Balaban J connectivity index is 1.58. The quantitative estimate of drug-likeness (QED) is 0.710. The van der Waals surface area contributed by atoms with E-state index >= 15 is 0 Å². The molecule has 146 valence electrons. The molecule has 2 fully saturated rings. The zero-order valence-electron chi connectivity index (χ0n) is 16.9. The van der Waals surface area contributed by atoms with Gasteiger partial charge in [0.1, 0.15) is 11.4 Å². The second-order valence-electron chi connectivity index (χ2n) is 9.74. The van der Waals surface area contributed by atoms with Crippen LogP contribution in [-0.4, -0.2) is 16.7 Å². The summed E-state index contributed by atoms with van der Waals surface area (Å²) in [6, 6.07) is 12.7. The highest BCUT2D eigenvalue weighted by Crippen LogP contribution is 2.59. The first-order valence-electron chi connectivity index (χ1n) is 10.5. The molecular weight excluding hydrogens is 348 g/mol. The van der Waals surface area contributed by atoms with Gasteiger partial charge in [-0.25, -0.2) is 0 Å². The van der Waals surface area contributed by atoms with Crippen LogP contribution < -0.4 is 4.74 Å². The number of carbonyl (C=O) groups is 1. The number of rotatable bonds is 4. The van der Waals surface area contributed by atoms with Crippen LogP contribution in [0.3, 0.4) is 0 Å². The van der Waals surface area contributed by atoms with E-state index in [1.54, 1.807) is 6.92 Å². The minimum Gasteiger partial charge on any atom is -0.487 e. The number of aliphatic carboxylic acids is 1. The highest BCUT2D eigenvalue weighted by Gasteiger charge is 2.54. The highest BCUT2D eigenvalue weighted by molar-refractivity contribution is 5.76. The zero-order valence-corrected chi connectivity index (χ0v) is 16.9. The Bertz CT molecular complexity index is 947. The number of ether oxygens (including phenoxy) is 1. The Kier molecular flexibility index (Phi) is 3.72. The van der Waals surface area contributed by atoms with Crippen LogP contribution in [0.15, 0.2) is 36.4 Å². The Hall–Kier alpha value is -2.29. The lowest BCUT2D eigenvalue weighted by Gasteiger charge is -2.39. The Morgan fingerprint density at radius 3 is 2.36 bits per heavy atom. The van der Waals surface area contributed by atoms with Gasteiger partial charge in [-0.1, -0.05) is 38.1 Å². The largest absolute Gasteiger partial charge is 0.487 e. The van der Waals surface area contributed by atoms with Crippen LogP contribution in [0, 0.1) is 0 Å². The predicted molar refractivity (Wildman–Crippen MR) is 110 cm³/mol. The van der Waals surface area contributed by atoms with Gasteiger partial charge in [0, 0.05) is 5.56 Å². The summed E-state index contributed by atoms with van der Waals surface area (Å²) in [5.74, 6) is 0.521. The van der Waals surface area contributed by atoms with Gasteiger partial charge < -0.3 is 9.84 Å². The van der Waals surface area contributed by atoms with Crippen molar-refractivity contribution in [2.24, 2.45) is 0 Å². The van der Waals surface area contributed by atoms with Gasteiger partial charge in [0.05, 0.1) is 5.92 Å². The number of carboxylic acids is 1. The maximum Gasteiger partial charge on any atom is 0.310 e. The van der Waals surface area contributed by atoms with Gasteiger partial charge in [0.15, 0.2) is 0 Å². The van der Waals surface area contributed by atoms with Crippen LogP contribution >= 0.6 is 0 Å². The molecule has 1 aliphatic heterocycles. The number of hydrogen-bond donors (Lipinski definition) is 1. The average Bonchev–Trinajstić information content (AvgIpc) is 3.58. The van der Waals surface area contributed by atoms with Crippen molar-refractivity contribution in [3.05, 3.63) is 53.1 Å². The van der Waals surface area contributed by atoms with Gasteiger partial charge in [-0.2, -0.15) is 0 Å². The maximum atomic E-state index is 11.3. The van der Waals surface area contributed by atoms with E-state index in [9.17, 15) is 9.90 Å². The van der Waals surface area contributed by atoms with Gasteiger partial charge in [-0.15, -0.1) is 0 Å². The molecule has 2 saturated carbocycles. The molecule has 3 nitrogen and oxygen atoms in total. The van der Waals surface area contributed by atoms with Crippen molar-refractivity contribution in [3.8, 4) is 16.9 Å². The Morgan fingerprint density at radius 1 is 1.11 bits per heavy atom. The Morgan fingerprint density at radius 2 is 1.79 bits per heavy atom. The molecule has 28 heavy (non-hydrogen) atoms. The molecule has 3 heteroatoms. The summed E-state index contributed by atoms with van der Waals surface area (Å²) in [6.45, 7) is 6.44. The van der Waals surface area contributed by atoms with Crippen molar-refractivity contribution in [3.63, 3.8) is 0 Å². The molecule has 2 aromatic carbocycles. The molecule has 3 aliphatic rings. The minimum absolute atomic E-state index is 0.0935. The maximum absolute atomic E-state index is 11.3. The third-order valence-corrected chi connectivity index (χ3v) is 6.87. The van der Waals surface area contributed by atoms with Crippen LogP contribution in [0.25, 0.3) is 11.1 Å². The first-order chi connectivity index (χ1) is 13.3. The predicted octanol–water partition coefficient (Wildman–Crippen LogP) is 6.01. The monoisotopic (exact) mass is 376 g/mol. The molecular formula is C25H28O3. The zero-order chi connectivity index (χ0) is 19.7. The van der Waals surface area contributed by atoms with Crippen LogP contribution in [0.1, 0.15) is 81.4 Å². The lowest BCUT2D eigenvalue weighted by molar-refractivity contribution is -0.138. The molecule has 0 saturated heterocycles. The first-order valence-corrected chi connectivity index (χ1v) is 10.5. The van der Waals surface area contributed by atoms with Gasteiger partial charge in [-0.3, -0.25) is 4.79 Å². The van der Waals surface area contributed by atoms with Crippen molar-refractivity contribution in [1.29, 1.82) is 0 Å². The van der Waals surface area contributed by atoms with Crippen LogP contribution in [0.5, 0.6) is 5.75 Å². The Labute approximate surface area is 166 Å². The first kappa shape index (κ1) is 17.8. The topological polar surface area (TPSA) is 46.5 Å². The van der Waals surface area contributed by atoms with E-state index in [0.717, 1.165) is 23.3 Å². The fourth-order valence-electron chi connectivity index (χ4n) is 4.81. The minimum atomic E-state index is -0.787. The standard InChI is InChI=1S/C25H28O3/c1-15(23(26)27)16-4-6-17(7-5-16)19-12-20(18-8-9-18)22-21(13-19)24(2,3)14-25(28-22)10-11-25/h4-7,12-13,15,18H,8-11,14H2,1-3H3,(H,26,27). The normalized spacial score (nSPS) is 22.2. The van der Waals surface area contributed by atoms with Crippen LogP contribution in [-0.2, 0) is 10.2 Å². The van der Waals surface area contributed by atoms with Gasteiger partial charge in [0.25, 0.3) is 0 Å². The lowest BCUT2D eigenvalue weighted by Crippen LogP contribution is -2.36. The van der Waals surface area contributed by atoms with Crippen molar-refractivity contribution < 1.29 is 14.6 Å². The number of hydrogen-bond acceptors (Lipinski definition) is 2. The smallest absolute Gasteiger partial charge is 0.310 e. The van der Waals surface area contributed by atoms with Crippen molar-refractivity contribution in [2.75, 3.05) is 0 Å². The van der Waals surface area contributed by atoms with Gasteiger partial charge in [0.2, 0.25) is 0 Å². The molecule has 1 spiro atoms. The van der Waals surface area contributed by atoms with E-state index < -0.39 is 11.9 Å². The van der Waals surface area contributed by atoms with Crippen molar-refractivity contribution in [1.82, 2.24) is 0 Å². The second kappa shape index (κ2) is 5.85. The molecule has 5 rings (SSSR count). The van der Waals surface area contributed by atoms with Crippen molar-refractivity contribution >= 4 is 5.97 Å². The molecule has 0 amide bonds. The van der Waals surface area contributed by atoms with E-state index in [1.165, 1.54) is 42.4 Å². The van der Waals surface area contributed by atoms with E-state index in [2.05, 4.69) is 38.1 Å². The summed E-state index contributed by atoms with van der Waals surface area (Å²) < 4.78 is 6.60. The average molecular weight is 376 g/mol. The van der Waals surface area contributed by atoms with E-state index in [4.69, 9.17) is 4.74 Å². The molecule has 1 N–H and O–H groups in total. The summed E-state index contributed by atoms with van der Waals surface area (Å²) in [4.78, 5) is 11.3. The molecule has 2 aromatic rings. The van der Waals surface area contributed by atoms with Crippen LogP contribution in [0.4, 0.5) is 0 Å². The summed E-state index contributed by atoms with van der Waals surface area (Å²) in [7, 11) is 0. The third-order valence-electron chi connectivity index (χ3n) is 6.87. The summed E-state index contributed by atoms with van der Waals surface area (Å²) in [5.41, 5.74) is 6.14. The van der Waals surface area contributed by atoms with E-state index in [1.807, 2.05) is 12.1 Å². The summed E-state index contributed by atoms with van der Waals surface area (Å²) in [6.07, 6.45) is 5.97. The number of fused-ring (bicyclic) bond motifs is 1. The van der Waals surface area contributed by atoms with E-state index in [0.29, 0.717) is 5.92 Å². The molecule has 1 unspecified atom stereocenters. The van der Waals surface area contributed by atoms with Gasteiger partial charge in [-0.05, 0) is 84.7 Å². The lowest BCUT2D eigenvalue weighted by atomic mass is 9.74. The molecule has 0 bridgehead atoms. The highest BCUT2D eigenvalue weighted by atomic mass is 16.5. The van der Waals surface area contributed by atoms with Gasteiger partial charge >= 0.3 is 5.97 Å². The molecule has 1 heterocycles. The third kappa shape index (κ3) is 2.92. The number of carboxylic acid groups (broad SMARTS) is 1. The van der Waals surface area contributed by atoms with Crippen LogP contribution in [0.2, 0.25) is 0 Å². The second-order valence-corrected chi connectivity index (χ2v) is 9.74. The van der Waals surface area contributed by atoms with Crippen molar-refractivity contribution in [2.45, 2.75) is 75.7 Å². The molecule has 1 atom stereocenters. The van der Waals surface area contributed by atoms with E-state index in [-0.39, 0.29) is 11.0 Å². The summed E-state index contributed by atoms with van der Waals surface area (Å²) in [5, 5.41) is 9.25. The molecule has 2 aliphatic carbocycles. The molecule has 0 aromatic heterocycles. The summed E-state index contributed by atoms with van der Waals surface area (Å²) >= 11 is 0. The fourth-order valence-corrected chi connectivity index (χ4v) is 4.81. The molecule has 0 radical (unpaired) electrons. The fraction of sp³-hybridized carbons (Fsp3) is 0.480. The number of benzene rings is 2.